The number of nitrogens with zero attached hydrogens (tertiary/aromatic N) is 2. The molecule has 2 heterocycles. The van der Waals surface area contributed by atoms with E-state index in [1.54, 1.807) is 6.07 Å². The second-order valence-electron chi connectivity index (χ2n) is 8.65. The van der Waals surface area contributed by atoms with Crippen molar-refractivity contribution in [3.05, 3.63) is 69.9 Å². The van der Waals surface area contributed by atoms with Gasteiger partial charge in [-0.25, -0.2) is 18.0 Å². The van der Waals surface area contributed by atoms with E-state index in [1.165, 1.54) is 29.0 Å². The highest BCUT2D eigenvalue weighted by Gasteiger charge is 2.24. The molecule has 0 spiro atoms. The number of pyridine rings is 1. The zero-order valence-corrected chi connectivity index (χ0v) is 21.0. The molecule has 0 radical (unpaired) electrons. The van der Waals surface area contributed by atoms with Crippen molar-refractivity contribution in [3.63, 3.8) is 0 Å². The van der Waals surface area contributed by atoms with Crippen LogP contribution in [-0.2, 0) is 33.7 Å². The summed E-state index contributed by atoms with van der Waals surface area (Å²) in [6.45, 7) is -0.906. The molecule has 1 aromatic carbocycles. The Kier molecular flexibility index (Phi) is 10.0. The van der Waals surface area contributed by atoms with Crippen LogP contribution in [0.15, 0.2) is 52.4 Å². The summed E-state index contributed by atoms with van der Waals surface area (Å²) >= 11 is 0. The summed E-state index contributed by atoms with van der Waals surface area (Å²) in [6.07, 6.45) is 0.809. The number of primary amides is 1. The number of aromatic nitrogens is 1. The van der Waals surface area contributed by atoms with Crippen molar-refractivity contribution in [1.29, 1.82) is 0 Å². The third-order valence-corrected chi connectivity index (χ3v) is 5.73. The summed E-state index contributed by atoms with van der Waals surface area (Å²) in [5, 5.41) is 2.43. The van der Waals surface area contributed by atoms with Gasteiger partial charge >= 0.3 is 6.09 Å². The number of amides is 2. The van der Waals surface area contributed by atoms with E-state index in [0.717, 1.165) is 19.3 Å². The van der Waals surface area contributed by atoms with Crippen LogP contribution >= 0.6 is 0 Å². The molecule has 39 heavy (non-hydrogen) atoms. The van der Waals surface area contributed by atoms with Crippen molar-refractivity contribution in [2.24, 2.45) is 10.7 Å². The zero-order valence-electron chi connectivity index (χ0n) is 21.0. The first-order valence-corrected chi connectivity index (χ1v) is 11.9. The van der Waals surface area contributed by atoms with Crippen molar-refractivity contribution in [2.75, 3.05) is 13.7 Å². The number of ketones is 1. The lowest BCUT2D eigenvalue weighted by Gasteiger charge is -2.16. The second-order valence-corrected chi connectivity index (χ2v) is 8.65. The van der Waals surface area contributed by atoms with E-state index in [2.05, 4.69) is 15.0 Å². The first-order valence-electron chi connectivity index (χ1n) is 11.9. The van der Waals surface area contributed by atoms with Gasteiger partial charge in [-0.05, 0) is 36.6 Å². The Morgan fingerprint density at radius 2 is 2.05 bits per heavy atom. The summed E-state index contributed by atoms with van der Waals surface area (Å²) in [5.41, 5.74) is 5.87. The molecule has 0 saturated carbocycles. The Balaban J connectivity index is 1.75. The number of benzene rings is 1. The van der Waals surface area contributed by atoms with Gasteiger partial charge in [0.15, 0.2) is 5.78 Å². The van der Waals surface area contributed by atoms with E-state index >= 15 is 0 Å². The molecule has 3 N–H and O–H groups in total. The number of hydrogen-bond acceptors (Lipinski definition) is 7. The van der Waals surface area contributed by atoms with E-state index in [9.17, 15) is 32.3 Å². The molecule has 1 atom stereocenters. The molecule has 1 aromatic heterocycles. The number of carbonyl (C=O) groups excluding carboxylic acids is 3. The minimum atomic E-state index is -2.74. The van der Waals surface area contributed by atoms with Crippen LogP contribution in [0.5, 0.6) is 5.75 Å². The van der Waals surface area contributed by atoms with Gasteiger partial charge in [-0.2, -0.15) is 0 Å². The second kappa shape index (κ2) is 13.4. The highest BCUT2D eigenvalue weighted by atomic mass is 19.3. The lowest BCUT2D eigenvalue weighted by Crippen LogP contribution is -2.42. The van der Waals surface area contributed by atoms with Crippen LogP contribution in [0.3, 0.4) is 0 Å². The van der Waals surface area contributed by atoms with Crippen molar-refractivity contribution in [3.8, 4) is 5.75 Å². The van der Waals surface area contributed by atoms with Crippen LogP contribution in [-0.4, -0.2) is 54.2 Å². The van der Waals surface area contributed by atoms with Crippen LogP contribution in [0.25, 0.3) is 0 Å². The number of hydrogen-bond donors (Lipinski definition) is 2. The topological polar surface area (TPSA) is 142 Å². The number of fused-ring (bicyclic) bond motifs is 1. The fourth-order valence-corrected chi connectivity index (χ4v) is 3.99. The van der Waals surface area contributed by atoms with Gasteiger partial charge < -0.3 is 25.1 Å². The summed E-state index contributed by atoms with van der Waals surface area (Å²) in [6, 6.07) is 4.27. The smallest absolute Gasteiger partial charge is 0.407 e. The molecule has 2 amide bonds. The number of methoxy groups -OCH3 is 1. The molecule has 1 aliphatic rings. The van der Waals surface area contributed by atoms with Crippen molar-refractivity contribution in [2.45, 2.75) is 44.7 Å². The number of allylic oxidation sites excluding steroid dienone is 1. The molecule has 10 nitrogen and oxygen atoms in total. The minimum absolute atomic E-state index is 0.00714. The predicted molar refractivity (Wildman–Crippen MR) is 135 cm³/mol. The Bertz CT molecular complexity index is 1360. The maximum Gasteiger partial charge on any atom is 0.407 e. The number of aliphatic imine (C=N–C) groups is 1. The van der Waals surface area contributed by atoms with Gasteiger partial charge in [-0.1, -0.05) is 12.1 Å². The number of Topliss-reactive ketones (excluding diaryl/α,β-unsaturated/α-hetero) is 1. The van der Waals surface area contributed by atoms with E-state index in [4.69, 9.17) is 10.5 Å². The molecule has 1 aliphatic heterocycles. The average molecular weight is 549 g/mol. The van der Waals surface area contributed by atoms with Crippen LogP contribution in [0.2, 0.25) is 0 Å². The van der Waals surface area contributed by atoms with Gasteiger partial charge in [0.2, 0.25) is 5.91 Å². The summed E-state index contributed by atoms with van der Waals surface area (Å²) in [7, 11) is 1.14. The van der Waals surface area contributed by atoms with Crippen LogP contribution < -0.4 is 21.3 Å². The lowest BCUT2D eigenvalue weighted by atomic mass is 10.0. The molecule has 2 aromatic rings. The van der Waals surface area contributed by atoms with Gasteiger partial charge in [-0.3, -0.25) is 19.4 Å². The number of alkyl halides is 2. The summed E-state index contributed by atoms with van der Waals surface area (Å²) in [5.74, 6) is -1.88. The number of nitrogens with two attached hydrogens (primary N) is 1. The fourth-order valence-electron chi connectivity index (χ4n) is 3.99. The Hall–Kier alpha value is -4.42. The quantitative estimate of drug-likeness (QED) is 0.369. The SMILES string of the molecule is COC(=O)N[C@@H](CC/C=C/C(N)=O)C(=O)Cc1cccn(CC2=Nc3c(cc(F)cc3OCC(F)F)C2)c1=O. The number of alkyl carbamates (subject to hydrolysis) is 1. The van der Waals surface area contributed by atoms with E-state index in [0.29, 0.717) is 11.3 Å². The number of carbonyl (C=O) groups is 3. The van der Waals surface area contributed by atoms with Gasteiger partial charge in [0.1, 0.15) is 23.9 Å². The normalized spacial score (nSPS) is 13.2. The average Bonchev–Trinajstić information content (AvgIpc) is 3.28. The first kappa shape index (κ1) is 29.1. The number of nitrogens with one attached hydrogen (secondary N) is 1. The highest BCUT2D eigenvalue weighted by Crippen LogP contribution is 2.37. The van der Waals surface area contributed by atoms with Gasteiger partial charge in [0.25, 0.3) is 12.0 Å². The Morgan fingerprint density at radius 3 is 2.74 bits per heavy atom. The van der Waals surface area contributed by atoms with Crippen LogP contribution in [0.1, 0.15) is 24.0 Å². The molecular weight excluding hydrogens is 521 g/mol. The molecule has 3 rings (SSSR count). The van der Waals surface area contributed by atoms with Crippen LogP contribution in [0, 0.1) is 5.82 Å². The largest absolute Gasteiger partial charge is 0.485 e. The maximum absolute atomic E-state index is 14.0. The zero-order chi connectivity index (χ0) is 28.5. The monoisotopic (exact) mass is 548 g/mol. The molecule has 0 unspecified atom stereocenters. The van der Waals surface area contributed by atoms with E-state index < -0.39 is 48.2 Å². The van der Waals surface area contributed by atoms with Crippen LogP contribution in [0.4, 0.5) is 23.7 Å². The highest BCUT2D eigenvalue weighted by molar-refractivity contribution is 5.95. The number of halogens is 3. The molecule has 208 valence electrons. The third-order valence-electron chi connectivity index (χ3n) is 5.73. The number of rotatable bonds is 13. The minimum Gasteiger partial charge on any atom is -0.485 e. The van der Waals surface area contributed by atoms with E-state index in [1.807, 2.05) is 0 Å². The molecule has 13 heteroatoms. The summed E-state index contributed by atoms with van der Waals surface area (Å²) in [4.78, 5) is 53.0. The Morgan fingerprint density at radius 1 is 1.28 bits per heavy atom. The van der Waals surface area contributed by atoms with Crippen molar-refractivity contribution >= 4 is 29.2 Å². The molecule has 0 bridgehead atoms. The van der Waals surface area contributed by atoms with Gasteiger partial charge in [-0.15, -0.1) is 0 Å². The maximum atomic E-state index is 14.0. The van der Waals surface area contributed by atoms with Crippen molar-refractivity contribution < 1.29 is 37.0 Å². The van der Waals surface area contributed by atoms with Crippen molar-refractivity contribution in [1.82, 2.24) is 9.88 Å². The molecule has 0 aliphatic carbocycles. The Labute approximate surface area is 221 Å². The summed E-state index contributed by atoms with van der Waals surface area (Å²) < 4.78 is 50.0. The molecule has 0 fully saturated rings. The lowest BCUT2D eigenvalue weighted by molar-refractivity contribution is -0.120. The molecule has 0 saturated heterocycles. The molecular formula is C26H27F3N4O6. The first-order chi connectivity index (χ1) is 18.6. The predicted octanol–water partition coefficient (Wildman–Crippen LogP) is 2.62. The fraction of sp³-hybridized carbons (Fsp3) is 0.346. The standard InChI is InChI=1S/C26H27F3N4O6/c1-38-26(37)32-19(6-2-3-7-23(30)35)20(34)11-15-5-4-8-33(25(15)36)13-18-10-16-9-17(27)12-21(24(16)31-18)39-14-22(28)29/h3-5,7-9,12,19,22H,2,6,10-11,13-14H2,1H3,(H2,30,35)(H,32,37)/b7-3+/t19-/m0/s1. The van der Waals surface area contributed by atoms with E-state index in [-0.39, 0.29) is 49.2 Å². The number of ether oxygens (including phenoxy) is 2. The third kappa shape index (κ3) is 8.28. The van der Waals surface area contributed by atoms with Gasteiger partial charge in [0.05, 0.1) is 19.7 Å². The van der Waals surface area contributed by atoms with Gasteiger partial charge in [0, 0.05) is 36.4 Å².